The van der Waals surface area contributed by atoms with E-state index in [9.17, 15) is 14.4 Å². The number of urea groups is 1. The molecule has 0 radical (unpaired) electrons. The van der Waals surface area contributed by atoms with Crippen LogP contribution < -0.4 is 16.4 Å². The number of nitrogens with one attached hydrogen (secondary N) is 2. The highest BCUT2D eigenvalue weighted by Gasteiger charge is 2.33. The number of primary amides is 1. The van der Waals surface area contributed by atoms with Crippen molar-refractivity contribution in [3.05, 3.63) is 0 Å². The lowest BCUT2D eigenvalue weighted by Gasteiger charge is -2.28. The van der Waals surface area contributed by atoms with Gasteiger partial charge in [-0.05, 0) is 12.3 Å². The van der Waals surface area contributed by atoms with Gasteiger partial charge in [-0.25, -0.2) is 9.59 Å². The van der Waals surface area contributed by atoms with E-state index in [4.69, 9.17) is 10.8 Å². The fourth-order valence-corrected chi connectivity index (χ4v) is 1.19. The second-order valence-electron chi connectivity index (χ2n) is 4.88. The average molecular weight is 245 g/mol. The molecule has 0 spiro atoms. The van der Waals surface area contributed by atoms with Crippen LogP contribution in [0.15, 0.2) is 0 Å². The lowest BCUT2D eigenvalue weighted by molar-refractivity contribution is -0.145. The first kappa shape index (κ1) is 15.2. The second-order valence-corrected chi connectivity index (χ2v) is 4.88. The largest absolute Gasteiger partial charge is 0.480 e. The predicted molar refractivity (Wildman–Crippen MR) is 61.2 cm³/mol. The Labute approximate surface area is 99.7 Å². The van der Waals surface area contributed by atoms with Gasteiger partial charge in [-0.1, -0.05) is 20.8 Å². The van der Waals surface area contributed by atoms with Gasteiger partial charge in [0.1, 0.15) is 12.1 Å². The van der Waals surface area contributed by atoms with Crippen LogP contribution >= 0.6 is 0 Å². The zero-order valence-corrected chi connectivity index (χ0v) is 10.4. The Bertz CT molecular complexity index is 322. The molecule has 0 fully saturated rings. The predicted octanol–water partition coefficient (Wildman–Crippen LogP) is -0.341. The Balaban J connectivity index is 4.63. The van der Waals surface area contributed by atoms with E-state index in [2.05, 4.69) is 10.6 Å². The smallest absolute Gasteiger partial charge is 0.326 e. The zero-order chi connectivity index (χ0) is 13.8. The number of carbonyl (C=O) groups excluding carboxylic acids is 2. The molecule has 2 atom stereocenters. The fourth-order valence-electron chi connectivity index (χ4n) is 1.19. The Morgan fingerprint density at radius 1 is 1.18 bits per heavy atom. The van der Waals surface area contributed by atoms with E-state index >= 15 is 0 Å². The topological polar surface area (TPSA) is 122 Å². The Morgan fingerprint density at radius 2 is 1.65 bits per heavy atom. The summed E-state index contributed by atoms with van der Waals surface area (Å²) < 4.78 is 0. The summed E-state index contributed by atoms with van der Waals surface area (Å²) in [5.41, 5.74) is 4.23. The molecule has 3 amide bonds. The standard InChI is InChI=1S/C10H19N3O4/c1-5(12-9(11)17)7(14)13-6(8(15)16)10(2,3)4/h5-6H,1-4H3,(H,13,14)(H,15,16)(H3,11,12,17). The molecule has 7 heteroatoms. The highest BCUT2D eigenvalue weighted by molar-refractivity contribution is 5.89. The first-order valence-corrected chi connectivity index (χ1v) is 5.15. The molecule has 0 heterocycles. The van der Waals surface area contributed by atoms with Crippen LogP contribution in [0.1, 0.15) is 27.7 Å². The summed E-state index contributed by atoms with van der Waals surface area (Å²) in [5.74, 6) is -1.72. The summed E-state index contributed by atoms with van der Waals surface area (Å²) in [6, 6.07) is -2.75. The highest BCUT2D eigenvalue weighted by Crippen LogP contribution is 2.19. The van der Waals surface area contributed by atoms with Crippen LogP contribution in [0.3, 0.4) is 0 Å². The van der Waals surface area contributed by atoms with Crippen LogP contribution in [0.5, 0.6) is 0 Å². The lowest BCUT2D eigenvalue weighted by Crippen LogP contribution is -2.55. The molecule has 0 saturated carbocycles. The van der Waals surface area contributed by atoms with Gasteiger partial charge < -0.3 is 21.5 Å². The molecule has 17 heavy (non-hydrogen) atoms. The van der Waals surface area contributed by atoms with E-state index in [1.165, 1.54) is 6.92 Å². The summed E-state index contributed by atoms with van der Waals surface area (Å²) in [4.78, 5) is 33.1. The van der Waals surface area contributed by atoms with Crippen LogP contribution in [0.2, 0.25) is 0 Å². The molecule has 0 bridgehead atoms. The minimum absolute atomic E-state index is 0.592. The first-order chi connectivity index (χ1) is 7.55. The van der Waals surface area contributed by atoms with Crippen molar-refractivity contribution in [2.75, 3.05) is 0 Å². The summed E-state index contributed by atoms with van der Waals surface area (Å²) in [6.07, 6.45) is 0. The molecular formula is C10H19N3O4. The second kappa shape index (κ2) is 5.51. The van der Waals surface area contributed by atoms with Crippen LogP contribution in [0.25, 0.3) is 0 Å². The van der Waals surface area contributed by atoms with Gasteiger partial charge in [0.15, 0.2) is 0 Å². The maximum absolute atomic E-state index is 11.6. The van der Waals surface area contributed by atoms with Gasteiger partial charge in [-0.15, -0.1) is 0 Å². The van der Waals surface area contributed by atoms with Crippen molar-refractivity contribution in [1.82, 2.24) is 10.6 Å². The van der Waals surface area contributed by atoms with E-state index in [0.29, 0.717) is 0 Å². The van der Waals surface area contributed by atoms with E-state index in [0.717, 1.165) is 0 Å². The molecule has 0 aromatic carbocycles. The van der Waals surface area contributed by atoms with Crippen LogP contribution in [-0.4, -0.2) is 35.1 Å². The summed E-state index contributed by atoms with van der Waals surface area (Å²) in [5, 5.41) is 13.5. The van der Waals surface area contributed by atoms with Crippen molar-refractivity contribution in [2.45, 2.75) is 39.8 Å². The zero-order valence-electron chi connectivity index (χ0n) is 10.4. The Morgan fingerprint density at radius 3 is 1.94 bits per heavy atom. The number of carbonyl (C=O) groups is 3. The fraction of sp³-hybridized carbons (Fsp3) is 0.700. The summed E-state index contributed by atoms with van der Waals surface area (Å²) in [6.45, 7) is 6.50. The van der Waals surface area contributed by atoms with E-state index in [-0.39, 0.29) is 0 Å². The lowest BCUT2D eigenvalue weighted by atomic mass is 9.86. The van der Waals surface area contributed by atoms with Crippen molar-refractivity contribution in [1.29, 1.82) is 0 Å². The maximum Gasteiger partial charge on any atom is 0.326 e. The van der Waals surface area contributed by atoms with Gasteiger partial charge in [0.25, 0.3) is 0 Å². The molecule has 0 aliphatic heterocycles. The maximum atomic E-state index is 11.6. The third kappa shape index (κ3) is 5.19. The van der Waals surface area contributed by atoms with Gasteiger partial charge in [0, 0.05) is 0 Å². The monoisotopic (exact) mass is 245 g/mol. The minimum Gasteiger partial charge on any atom is -0.480 e. The van der Waals surface area contributed by atoms with E-state index < -0.39 is 35.4 Å². The van der Waals surface area contributed by atoms with Crippen molar-refractivity contribution in [3.63, 3.8) is 0 Å². The van der Waals surface area contributed by atoms with Gasteiger partial charge >= 0.3 is 12.0 Å². The molecule has 0 saturated heterocycles. The van der Waals surface area contributed by atoms with Crippen molar-refractivity contribution < 1.29 is 19.5 Å². The summed E-state index contributed by atoms with van der Waals surface area (Å²) in [7, 11) is 0. The quantitative estimate of drug-likeness (QED) is 0.541. The Kier molecular flexibility index (Phi) is 4.93. The van der Waals surface area contributed by atoms with Crippen molar-refractivity contribution in [3.8, 4) is 0 Å². The number of hydrogen-bond donors (Lipinski definition) is 4. The van der Waals surface area contributed by atoms with Gasteiger partial charge in [-0.3, -0.25) is 4.79 Å². The number of carboxylic acids is 1. The molecular weight excluding hydrogens is 226 g/mol. The molecule has 0 rings (SSSR count). The first-order valence-electron chi connectivity index (χ1n) is 5.15. The van der Waals surface area contributed by atoms with Crippen molar-refractivity contribution in [2.24, 2.45) is 11.1 Å². The number of hydrogen-bond acceptors (Lipinski definition) is 3. The molecule has 98 valence electrons. The van der Waals surface area contributed by atoms with Crippen LogP contribution in [0.4, 0.5) is 4.79 Å². The molecule has 5 N–H and O–H groups in total. The number of carboxylic acid groups (broad SMARTS) is 1. The number of rotatable bonds is 4. The molecule has 2 unspecified atom stereocenters. The molecule has 0 aliphatic rings. The summed E-state index contributed by atoms with van der Waals surface area (Å²) >= 11 is 0. The van der Waals surface area contributed by atoms with Gasteiger partial charge in [0.2, 0.25) is 5.91 Å². The van der Waals surface area contributed by atoms with Crippen molar-refractivity contribution >= 4 is 17.9 Å². The number of aliphatic carboxylic acids is 1. The molecule has 7 nitrogen and oxygen atoms in total. The van der Waals surface area contributed by atoms with Crippen LogP contribution in [-0.2, 0) is 9.59 Å². The number of amides is 3. The van der Waals surface area contributed by atoms with E-state index in [1.54, 1.807) is 20.8 Å². The van der Waals surface area contributed by atoms with Gasteiger partial charge in [-0.2, -0.15) is 0 Å². The molecule has 0 aromatic rings. The molecule has 0 aromatic heterocycles. The Hall–Kier alpha value is -1.79. The van der Waals surface area contributed by atoms with Gasteiger partial charge in [0.05, 0.1) is 0 Å². The third-order valence-corrected chi connectivity index (χ3v) is 2.15. The molecule has 0 aliphatic carbocycles. The average Bonchev–Trinajstić information content (AvgIpc) is 2.09. The third-order valence-electron chi connectivity index (χ3n) is 2.15. The van der Waals surface area contributed by atoms with Crippen LogP contribution in [0, 0.1) is 5.41 Å². The SMILES string of the molecule is CC(NC(N)=O)C(=O)NC(C(=O)O)C(C)(C)C. The minimum atomic E-state index is -1.13. The normalized spacial score (nSPS) is 14.6. The van der Waals surface area contributed by atoms with E-state index in [1.807, 2.05) is 0 Å². The highest BCUT2D eigenvalue weighted by atomic mass is 16.4. The number of nitrogens with two attached hydrogens (primary N) is 1.